The van der Waals surface area contributed by atoms with E-state index in [1.54, 1.807) is 0 Å². The van der Waals surface area contributed by atoms with Crippen molar-refractivity contribution in [3.05, 3.63) is 29.8 Å². The summed E-state index contributed by atoms with van der Waals surface area (Å²) >= 11 is 0. The Labute approximate surface area is 96.8 Å². The smallest absolute Gasteiger partial charge is 0.305 e. The number of methoxy groups -OCH3 is 1. The van der Waals surface area contributed by atoms with Crippen LogP contribution in [0.1, 0.15) is 25.3 Å². The molecule has 0 aliphatic rings. The molecule has 0 heterocycles. The van der Waals surface area contributed by atoms with Crippen LogP contribution in [0, 0.1) is 0 Å². The van der Waals surface area contributed by atoms with Crippen molar-refractivity contribution in [2.75, 3.05) is 19.0 Å². The second kappa shape index (κ2) is 6.88. The van der Waals surface area contributed by atoms with Crippen molar-refractivity contribution in [1.82, 2.24) is 0 Å². The Hall–Kier alpha value is -1.51. The summed E-state index contributed by atoms with van der Waals surface area (Å²) in [7, 11) is 1.42. The highest BCUT2D eigenvalue weighted by Gasteiger charge is 1.99. The van der Waals surface area contributed by atoms with E-state index in [9.17, 15) is 4.79 Å². The first-order valence-electron chi connectivity index (χ1n) is 5.66. The van der Waals surface area contributed by atoms with E-state index in [0.717, 1.165) is 25.1 Å². The Balaban J connectivity index is 2.28. The van der Waals surface area contributed by atoms with Gasteiger partial charge < -0.3 is 10.1 Å². The average Bonchev–Trinajstić information content (AvgIpc) is 2.34. The molecule has 3 nitrogen and oxygen atoms in total. The summed E-state index contributed by atoms with van der Waals surface area (Å²) in [5, 5.41) is 3.29. The largest absolute Gasteiger partial charge is 0.469 e. The van der Waals surface area contributed by atoms with Crippen molar-refractivity contribution in [2.45, 2.75) is 26.2 Å². The molecule has 0 bridgehead atoms. The van der Waals surface area contributed by atoms with E-state index in [1.165, 1.54) is 12.7 Å². The fourth-order valence-electron chi connectivity index (χ4n) is 1.47. The van der Waals surface area contributed by atoms with Gasteiger partial charge in [-0.05, 0) is 30.5 Å². The summed E-state index contributed by atoms with van der Waals surface area (Å²) in [5.74, 6) is -0.149. The SMILES string of the molecule is CCc1cccc(NCCCC(=O)OC)c1. The molecule has 0 spiro atoms. The van der Waals surface area contributed by atoms with Gasteiger partial charge in [-0.3, -0.25) is 4.79 Å². The second-order valence-electron chi connectivity index (χ2n) is 3.66. The molecule has 1 rings (SSSR count). The Morgan fingerprint density at radius 1 is 1.44 bits per heavy atom. The third-order valence-corrected chi connectivity index (χ3v) is 2.45. The minimum Gasteiger partial charge on any atom is -0.469 e. The molecule has 0 radical (unpaired) electrons. The highest BCUT2D eigenvalue weighted by Crippen LogP contribution is 2.11. The predicted octanol–water partition coefficient (Wildman–Crippen LogP) is 2.61. The van der Waals surface area contributed by atoms with Crippen molar-refractivity contribution in [3.8, 4) is 0 Å². The van der Waals surface area contributed by atoms with E-state index >= 15 is 0 Å². The molecule has 0 unspecified atom stereocenters. The van der Waals surface area contributed by atoms with Gasteiger partial charge in [0.25, 0.3) is 0 Å². The predicted molar refractivity (Wildman–Crippen MR) is 65.6 cm³/mol. The van der Waals surface area contributed by atoms with Gasteiger partial charge in [0.05, 0.1) is 7.11 Å². The van der Waals surface area contributed by atoms with E-state index in [0.29, 0.717) is 6.42 Å². The third-order valence-electron chi connectivity index (χ3n) is 2.45. The number of nitrogens with one attached hydrogen (secondary N) is 1. The monoisotopic (exact) mass is 221 g/mol. The zero-order valence-electron chi connectivity index (χ0n) is 9.95. The minimum absolute atomic E-state index is 0.149. The Kier molecular flexibility index (Phi) is 5.40. The zero-order chi connectivity index (χ0) is 11.8. The molecule has 0 fully saturated rings. The summed E-state index contributed by atoms with van der Waals surface area (Å²) in [6, 6.07) is 8.33. The second-order valence-corrected chi connectivity index (χ2v) is 3.66. The van der Waals surface area contributed by atoms with Crippen molar-refractivity contribution >= 4 is 11.7 Å². The molecule has 1 N–H and O–H groups in total. The van der Waals surface area contributed by atoms with Gasteiger partial charge in [0, 0.05) is 18.7 Å². The summed E-state index contributed by atoms with van der Waals surface area (Å²) < 4.78 is 4.57. The summed E-state index contributed by atoms with van der Waals surface area (Å²) in [6.07, 6.45) is 2.30. The number of rotatable bonds is 6. The molecular weight excluding hydrogens is 202 g/mol. The lowest BCUT2D eigenvalue weighted by atomic mass is 10.1. The quantitative estimate of drug-likeness (QED) is 0.592. The van der Waals surface area contributed by atoms with Gasteiger partial charge in [-0.1, -0.05) is 19.1 Å². The number of carbonyl (C=O) groups is 1. The molecule has 0 aromatic heterocycles. The lowest BCUT2D eigenvalue weighted by Gasteiger charge is -2.07. The van der Waals surface area contributed by atoms with Gasteiger partial charge in [-0.2, -0.15) is 0 Å². The van der Waals surface area contributed by atoms with Gasteiger partial charge in [0.1, 0.15) is 0 Å². The van der Waals surface area contributed by atoms with Crippen LogP contribution >= 0.6 is 0 Å². The van der Waals surface area contributed by atoms with E-state index in [2.05, 4.69) is 29.1 Å². The van der Waals surface area contributed by atoms with Crippen LogP contribution in [0.4, 0.5) is 5.69 Å². The average molecular weight is 221 g/mol. The van der Waals surface area contributed by atoms with Crippen LogP contribution in [0.15, 0.2) is 24.3 Å². The van der Waals surface area contributed by atoms with Crippen LogP contribution in [0.2, 0.25) is 0 Å². The topological polar surface area (TPSA) is 38.3 Å². The maximum absolute atomic E-state index is 10.9. The number of hydrogen-bond acceptors (Lipinski definition) is 3. The summed E-state index contributed by atoms with van der Waals surface area (Å²) in [6.45, 7) is 2.93. The first-order valence-corrected chi connectivity index (χ1v) is 5.66. The number of benzene rings is 1. The molecule has 0 atom stereocenters. The summed E-state index contributed by atoms with van der Waals surface area (Å²) in [4.78, 5) is 10.9. The normalized spacial score (nSPS) is 9.88. The lowest BCUT2D eigenvalue weighted by molar-refractivity contribution is -0.140. The molecule has 0 saturated heterocycles. The lowest BCUT2D eigenvalue weighted by Crippen LogP contribution is -2.06. The molecule has 1 aromatic carbocycles. The van der Waals surface area contributed by atoms with Gasteiger partial charge in [-0.25, -0.2) is 0 Å². The number of aryl methyl sites for hydroxylation is 1. The first kappa shape index (κ1) is 12.6. The minimum atomic E-state index is -0.149. The maximum Gasteiger partial charge on any atom is 0.305 e. The number of carbonyl (C=O) groups excluding carboxylic acids is 1. The molecule has 88 valence electrons. The van der Waals surface area contributed by atoms with Crippen molar-refractivity contribution < 1.29 is 9.53 Å². The van der Waals surface area contributed by atoms with Gasteiger partial charge in [-0.15, -0.1) is 0 Å². The molecule has 0 aliphatic heterocycles. The van der Waals surface area contributed by atoms with Crippen molar-refractivity contribution in [3.63, 3.8) is 0 Å². The van der Waals surface area contributed by atoms with Crippen molar-refractivity contribution in [2.24, 2.45) is 0 Å². The van der Waals surface area contributed by atoms with E-state index in [4.69, 9.17) is 0 Å². The maximum atomic E-state index is 10.9. The first-order chi connectivity index (χ1) is 7.76. The van der Waals surface area contributed by atoms with Crippen LogP contribution in [-0.2, 0) is 16.0 Å². The van der Waals surface area contributed by atoms with E-state index < -0.39 is 0 Å². The Morgan fingerprint density at radius 3 is 2.94 bits per heavy atom. The highest BCUT2D eigenvalue weighted by molar-refractivity contribution is 5.69. The highest BCUT2D eigenvalue weighted by atomic mass is 16.5. The van der Waals surface area contributed by atoms with Gasteiger partial charge >= 0.3 is 5.97 Å². The number of esters is 1. The molecule has 3 heteroatoms. The Morgan fingerprint density at radius 2 is 2.25 bits per heavy atom. The van der Waals surface area contributed by atoms with Crippen LogP contribution in [0.25, 0.3) is 0 Å². The molecule has 1 aromatic rings. The number of hydrogen-bond donors (Lipinski definition) is 1. The fraction of sp³-hybridized carbons (Fsp3) is 0.462. The van der Waals surface area contributed by atoms with Crippen LogP contribution in [0.5, 0.6) is 0 Å². The van der Waals surface area contributed by atoms with E-state index in [1.807, 2.05) is 12.1 Å². The number of anilines is 1. The van der Waals surface area contributed by atoms with E-state index in [-0.39, 0.29) is 5.97 Å². The number of ether oxygens (including phenoxy) is 1. The fourth-order valence-corrected chi connectivity index (χ4v) is 1.47. The van der Waals surface area contributed by atoms with Crippen LogP contribution < -0.4 is 5.32 Å². The molecular formula is C13H19NO2. The molecule has 0 amide bonds. The molecule has 0 saturated carbocycles. The molecule has 0 aliphatic carbocycles. The molecule has 16 heavy (non-hydrogen) atoms. The Bertz CT molecular complexity index is 336. The van der Waals surface area contributed by atoms with Gasteiger partial charge in [0.2, 0.25) is 0 Å². The van der Waals surface area contributed by atoms with Gasteiger partial charge in [0.15, 0.2) is 0 Å². The third kappa shape index (κ3) is 4.34. The van der Waals surface area contributed by atoms with Crippen LogP contribution in [0.3, 0.4) is 0 Å². The summed E-state index contributed by atoms with van der Waals surface area (Å²) in [5.41, 5.74) is 2.43. The zero-order valence-corrected chi connectivity index (χ0v) is 9.95. The van der Waals surface area contributed by atoms with Crippen molar-refractivity contribution in [1.29, 1.82) is 0 Å². The standard InChI is InChI=1S/C13H19NO2/c1-3-11-6-4-7-12(10-11)14-9-5-8-13(15)16-2/h4,6-7,10,14H,3,5,8-9H2,1-2H3. The van der Waals surface area contributed by atoms with Crippen LogP contribution in [-0.4, -0.2) is 19.6 Å².